The second kappa shape index (κ2) is 10.1. The molecule has 0 aliphatic rings. The van der Waals surface area contributed by atoms with Gasteiger partial charge in [-0.1, -0.05) is 0 Å². The maximum absolute atomic E-state index is 12.9. The van der Waals surface area contributed by atoms with E-state index < -0.39 is 35.9 Å². The third-order valence-electron chi connectivity index (χ3n) is 4.77. The number of hydrogen-bond acceptors (Lipinski definition) is 10. The number of non-ortho nitro benzene ring substituents is 2. The van der Waals surface area contributed by atoms with Gasteiger partial charge in [0, 0.05) is 38.4 Å². The van der Waals surface area contributed by atoms with E-state index in [0.717, 1.165) is 59.9 Å². The van der Waals surface area contributed by atoms with Gasteiger partial charge in [0.1, 0.15) is 0 Å². The molecule has 34 heavy (non-hydrogen) atoms. The lowest BCUT2D eigenvalue weighted by molar-refractivity contribution is -0.385. The molecular formula is C18H21N5O9S2. The topological polar surface area (TPSA) is 183 Å². The fraction of sp³-hybridized carbons (Fsp3) is 0.278. The summed E-state index contributed by atoms with van der Waals surface area (Å²) in [6.45, 7) is 1.40. The monoisotopic (exact) mass is 515 g/mol. The summed E-state index contributed by atoms with van der Waals surface area (Å²) in [5, 5.41) is 25.4. The minimum absolute atomic E-state index is 0.227. The lowest BCUT2D eigenvalue weighted by Gasteiger charge is -2.25. The Bertz CT molecular complexity index is 1310. The van der Waals surface area contributed by atoms with E-state index in [4.69, 9.17) is 4.74 Å². The number of rotatable bonds is 9. The van der Waals surface area contributed by atoms with Crippen LogP contribution in [0.2, 0.25) is 0 Å². The average Bonchev–Trinajstić information content (AvgIpc) is 2.81. The van der Waals surface area contributed by atoms with Gasteiger partial charge in [-0.15, -0.1) is 5.10 Å². The molecule has 0 aliphatic heterocycles. The van der Waals surface area contributed by atoms with Gasteiger partial charge >= 0.3 is 0 Å². The van der Waals surface area contributed by atoms with E-state index in [1.54, 1.807) is 0 Å². The van der Waals surface area contributed by atoms with Crippen LogP contribution in [0.15, 0.2) is 63.4 Å². The molecule has 0 aliphatic carbocycles. The zero-order valence-corrected chi connectivity index (χ0v) is 20.1. The maximum atomic E-state index is 12.9. The lowest BCUT2D eigenvalue weighted by Crippen LogP contribution is -2.42. The zero-order valence-electron chi connectivity index (χ0n) is 18.4. The van der Waals surface area contributed by atoms with Gasteiger partial charge in [0.15, 0.2) is 0 Å². The van der Waals surface area contributed by atoms with Crippen LogP contribution in [0.4, 0.5) is 11.4 Å². The smallest absolute Gasteiger partial charge is 0.278 e. The Kier molecular flexibility index (Phi) is 7.91. The summed E-state index contributed by atoms with van der Waals surface area (Å²) in [6, 6.07) is 7.28. The van der Waals surface area contributed by atoms with Crippen LogP contribution in [-0.4, -0.2) is 68.5 Å². The number of nitro benzene ring substituents is 2. The van der Waals surface area contributed by atoms with Crippen molar-refractivity contribution in [3.05, 3.63) is 68.8 Å². The van der Waals surface area contributed by atoms with Crippen molar-refractivity contribution >= 4 is 37.3 Å². The van der Waals surface area contributed by atoms with E-state index in [0.29, 0.717) is 4.41 Å². The zero-order chi connectivity index (χ0) is 25.8. The summed E-state index contributed by atoms with van der Waals surface area (Å²) in [4.78, 5) is 19.7. The first kappa shape index (κ1) is 26.6. The fourth-order valence-electron chi connectivity index (χ4n) is 2.65. The molecule has 0 heterocycles. The molecule has 16 heteroatoms. The Labute approximate surface area is 195 Å². The minimum Gasteiger partial charge on any atom is -0.482 e. The highest BCUT2D eigenvalue weighted by Gasteiger charge is 2.31. The van der Waals surface area contributed by atoms with Crippen molar-refractivity contribution in [2.24, 2.45) is 5.10 Å². The predicted molar refractivity (Wildman–Crippen MR) is 120 cm³/mol. The third-order valence-corrected chi connectivity index (χ3v) is 8.36. The Morgan fingerprint density at radius 3 is 1.59 bits per heavy atom. The number of nitrogens with zero attached hydrogens (tertiary/aromatic N) is 5. The Morgan fingerprint density at radius 2 is 1.24 bits per heavy atom. The maximum Gasteiger partial charge on any atom is 0.278 e. The molecule has 0 aromatic heterocycles. The molecule has 0 radical (unpaired) electrons. The van der Waals surface area contributed by atoms with Gasteiger partial charge in [-0.3, -0.25) is 20.2 Å². The SMILES string of the molecule is CO/C(=N\N(C)S(=O)(=O)c1ccc([N+](=O)[O-])cc1)[C@H](C)N(C)S(=O)(=O)c1ccc([N+](=O)[O-])cc1. The van der Waals surface area contributed by atoms with Crippen molar-refractivity contribution in [2.45, 2.75) is 22.8 Å². The summed E-state index contributed by atoms with van der Waals surface area (Å²) < 4.78 is 57.9. The molecule has 0 saturated heterocycles. The van der Waals surface area contributed by atoms with Gasteiger partial charge in [-0.05, 0) is 31.2 Å². The molecule has 0 N–H and O–H groups in total. The largest absolute Gasteiger partial charge is 0.482 e. The number of ether oxygens (including phenoxy) is 1. The van der Waals surface area contributed by atoms with Gasteiger partial charge < -0.3 is 4.74 Å². The molecule has 14 nitrogen and oxygen atoms in total. The van der Waals surface area contributed by atoms with Crippen LogP contribution in [0, 0.1) is 20.2 Å². The molecule has 0 unspecified atom stereocenters. The molecular weight excluding hydrogens is 494 g/mol. The van der Waals surface area contributed by atoms with E-state index in [-0.39, 0.29) is 27.1 Å². The molecule has 2 aromatic rings. The fourth-order valence-corrected chi connectivity index (χ4v) is 4.94. The van der Waals surface area contributed by atoms with Crippen LogP contribution in [0.5, 0.6) is 0 Å². The average molecular weight is 516 g/mol. The number of benzene rings is 2. The van der Waals surface area contributed by atoms with Crippen LogP contribution in [0.25, 0.3) is 0 Å². The molecule has 2 rings (SSSR count). The predicted octanol–water partition coefficient (Wildman–Crippen LogP) is 1.79. The van der Waals surface area contributed by atoms with Crippen molar-refractivity contribution in [1.29, 1.82) is 0 Å². The number of nitro groups is 2. The molecule has 184 valence electrons. The van der Waals surface area contributed by atoms with Gasteiger partial charge in [0.25, 0.3) is 21.4 Å². The Morgan fingerprint density at radius 1 is 0.853 bits per heavy atom. The molecule has 0 saturated carbocycles. The number of likely N-dealkylation sites (N-methyl/N-ethyl adjacent to an activating group) is 1. The van der Waals surface area contributed by atoms with Crippen LogP contribution < -0.4 is 0 Å². The first-order chi connectivity index (χ1) is 15.7. The van der Waals surface area contributed by atoms with E-state index in [1.165, 1.54) is 21.1 Å². The Hall–Kier alpha value is -3.63. The lowest BCUT2D eigenvalue weighted by atomic mass is 10.3. The summed E-state index contributed by atoms with van der Waals surface area (Å²) in [5.41, 5.74) is -0.582. The van der Waals surface area contributed by atoms with Gasteiger partial charge in [0.05, 0.1) is 32.8 Å². The third kappa shape index (κ3) is 5.46. The van der Waals surface area contributed by atoms with Crippen molar-refractivity contribution in [1.82, 2.24) is 8.72 Å². The second-order valence-electron chi connectivity index (χ2n) is 6.78. The summed E-state index contributed by atoms with van der Waals surface area (Å²) in [6.07, 6.45) is 0. The highest BCUT2D eigenvalue weighted by molar-refractivity contribution is 7.89. The minimum atomic E-state index is -4.23. The van der Waals surface area contributed by atoms with Crippen LogP contribution in [0.3, 0.4) is 0 Å². The number of methoxy groups -OCH3 is 1. The Balaban J connectivity index is 2.33. The number of sulfonamides is 2. The van der Waals surface area contributed by atoms with Gasteiger partial charge in [-0.2, -0.15) is 17.1 Å². The normalized spacial score (nSPS) is 13.4. The van der Waals surface area contributed by atoms with Crippen LogP contribution in [0.1, 0.15) is 6.92 Å². The van der Waals surface area contributed by atoms with Crippen LogP contribution >= 0.6 is 0 Å². The van der Waals surface area contributed by atoms with Crippen molar-refractivity contribution in [2.75, 3.05) is 21.2 Å². The van der Waals surface area contributed by atoms with Gasteiger partial charge in [0.2, 0.25) is 15.9 Å². The highest BCUT2D eigenvalue weighted by atomic mass is 32.2. The highest BCUT2D eigenvalue weighted by Crippen LogP contribution is 2.22. The van der Waals surface area contributed by atoms with E-state index >= 15 is 0 Å². The van der Waals surface area contributed by atoms with Crippen molar-refractivity contribution < 1.29 is 31.4 Å². The van der Waals surface area contributed by atoms with E-state index in [1.807, 2.05) is 0 Å². The molecule has 0 bridgehead atoms. The number of hydrazone groups is 1. The second-order valence-corrected chi connectivity index (χ2v) is 10.7. The molecule has 0 spiro atoms. The first-order valence-corrected chi connectivity index (χ1v) is 12.2. The van der Waals surface area contributed by atoms with Crippen molar-refractivity contribution in [3.63, 3.8) is 0 Å². The summed E-state index contributed by atoms with van der Waals surface area (Å²) in [5.74, 6) is -0.277. The molecule has 2 aromatic carbocycles. The summed E-state index contributed by atoms with van der Waals surface area (Å²) >= 11 is 0. The molecule has 1 atom stereocenters. The molecule has 0 fully saturated rings. The van der Waals surface area contributed by atoms with Crippen molar-refractivity contribution in [3.8, 4) is 0 Å². The van der Waals surface area contributed by atoms with Gasteiger partial charge in [-0.25, -0.2) is 8.42 Å². The summed E-state index contributed by atoms with van der Waals surface area (Å²) in [7, 11) is -4.91. The first-order valence-electron chi connectivity index (χ1n) is 9.31. The van der Waals surface area contributed by atoms with Crippen LogP contribution in [-0.2, 0) is 24.8 Å². The molecule has 0 amide bonds. The van der Waals surface area contributed by atoms with E-state index in [2.05, 4.69) is 5.10 Å². The standard InChI is InChI=1S/C18H21N5O9S2/c1-13(20(2)33(28,29)16-9-5-14(6-10-16)22(24)25)18(32-4)19-21(3)34(30,31)17-11-7-15(8-12-17)23(26)27/h5-13H,1-4H3/b19-18-/t13-/m0/s1. The van der Waals surface area contributed by atoms with E-state index in [9.17, 15) is 37.1 Å². The number of hydrogen-bond donors (Lipinski definition) is 0. The quantitative estimate of drug-likeness (QED) is 0.208.